The molecule has 0 bridgehead atoms. The maximum atomic E-state index is 13.6. The predicted octanol–water partition coefficient (Wildman–Crippen LogP) is 2.71. The average Bonchev–Trinajstić information content (AvgIpc) is 2.36. The lowest BCUT2D eigenvalue weighted by Crippen LogP contribution is -2.37. The molecule has 1 aromatic carbocycles. The minimum absolute atomic E-state index is 0.234. The molecular weight excluding hydrogens is 252 g/mol. The number of ether oxygens (including phenoxy) is 1. The summed E-state index contributed by atoms with van der Waals surface area (Å²) in [5.41, 5.74) is -0.239. The first-order valence-corrected chi connectivity index (χ1v) is 6.19. The molecule has 0 aromatic heterocycles. The third-order valence-electron chi connectivity index (χ3n) is 2.60. The molecule has 1 amide bonds. The number of rotatable bonds is 6. The highest BCUT2D eigenvalue weighted by molar-refractivity contribution is 5.94. The fraction of sp³-hybridized carbons (Fsp3) is 0.500. The molecule has 0 saturated carbocycles. The zero-order chi connectivity index (χ0) is 14.4. The van der Waals surface area contributed by atoms with Crippen LogP contribution in [0, 0.1) is 17.6 Å². The van der Waals surface area contributed by atoms with Crippen LogP contribution in [0.1, 0.15) is 24.2 Å². The van der Waals surface area contributed by atoms with Crippen molar-refractivity contribution in [2.24, 2.45) is 5.92 Å². The van der Waals surface area contributed by atoms with Crippen molar-refractivity contribution in [1.82, 2.24) is 4.90 Å². The minimum Gasteiger partial charge on any atom is -0.383 e. The van der Waals surface area contributed by atoms with Gasteiger partial charge in [0.2, 0.25) is 0 Å². The molecule has 0 N–H and O–H groups in total. The Morgan fingerprint density at radius 3 is 2.63 bits per heavy atom. The molecule has 5 heteroatoms. The Hall–Kier alpha value is -1.49. The van der Waals surface area contributed by atoms with E-state index in [0.29, 0.717) is 19.7 Å². The van der Waals surface area contributed by atoms with Crippen LogP contribution in [0.2, 0.25) is 0 Å². The van der Waals surface area contributed by atoms with Crippen molar-refractivity contribution in [3.63, 3.8) is 0 Å². The van der Waals surface area contributed by atoms with Gasteiger partial charge in [0.15, 0.2) is 0 Å². The third kappa shape index (κ3) is 4.59. The molecule has 0 radical (unpaired) electrons. The van der Waals surface area contributed by atoms with Gasteiger partial charge in [-0.25, -0.2) is 8.78 Å². The third-order valence-corrected chi connectivity index (χ3v) is 2.60. The van der Waals surface area contributed by atoms with Crippen molar-refractivity contribution in [1.29, 1.82) is 0 Å². The quantitative estimate of drug-likeness (QED) is 0.796. The Morgan fingerprint density at radius 2 is 2.05 bits per heavy atom. The van der Waals surface area contributed by atoms with Gasteiger partial charge in [-0.1, -0.05) is 13.8 Å². The van der Waals surface area contributed by atoms with Gasteiger partial charge in [0.05, 0.1) is 12.2 Å². The standard InChI is InChI=1S/C14H19F2NO2/c1-10(2)9-17(6-7-19-3)14(18)12-8-11(15)4-5-13(12)16/h4-5,8,10H,6-7,9H2,1-3H3. The fourth-order valence-electron chi connectivity index (χ4n) is 1.75. The van der Waals surface area contributed by atoms with Crippen molar-refractivity contribution >= 4 is 5.91 Å². The molecule has 0 unspecified atom stereocenters. The van der Waals surface area contributed by atoms with E-state index in [1.165, 1.54) is 12.0 Å². The molecule has 0 atom stereocenters. The SMILES string of the molecule is COCCN(CC(C)C)C(=O)c1cc(F)ccc1F. The summed E-state index contributed by atoms with van der Waals surface area (Å²) in [4.78, 5) is 13.7. The lowest BCUT2D eigenvalue weighted by molar-refractivity contribution is 0.0667. The molecule has 3 nitrogen and oxygen atoms in total. The second kappa shape index (κ2) is 7.19. The summed E-state index contributed by atoms with van der Waals surface area (Å²) in [6.45, 7) is 5.08. The summed E-state index contributed by atoms with van der Waals surface area (Å²) in [7, 11) is 1.53. The molecule has 0 aliphatic heterocycles. The first-order valence-electron chi connectivity index (χ1n) is 6.19. The van der Waals surface area contributed by atoms with E-state index in [2.05, 4.69) is 0 Å². The maximum absolute atomic E-state index is 13.6. The summed E-state index contributed by atoms with van der Waals surface area (Å²) >= 11 is 0. The van der Waals surface area contributed by atoms with Crippen LogP contribution in [0.4, 0.5) is 8.78 Å². The van der Waals surface area contributed by atoms with Gasteiger partial charge in [-0.3, -0.25) is 4.79 Å². The monoisotopic (exact) mass is 271 g/mol. The van der Waals surface area contributed by atoms with Crippen LogP contribution in [0.25, 0.3) is 0 Å². The topological polar surface area (TPSA) is 29.5 Å². The molecule has 106 valence electrons. The van der Waals surface area contributed by atoms with E-state index in [1.807, 2.05) is 13.8 Å². The van der Waals surface area contributed by atoms with E-state index >= 15 is 0 Å². The Labute approximate surface area is 112 Å². The number of hydrogen-bond acceptors (Lipinski definition) is 2. The van der Waals surface area contributed by atoms with E-state index in [0.717, 1.165) is 18.2 Å². The number of carbonyl (C=O) groups excluding carboxylic acids is 1. The highest BCUT2D eigenvalue weighted by atomic mass is 19.1. The molecule has 0 heterocycles. The lowest BCUT2D eigenvalue weighted by atomic mass is 10.1. The van der Waals surface area contributed by atoms with Gasteiger partial charge in [0, 0.05) is 20.2 Å². The average molecular weight is 271 g/mol. The van der Waals surface area contributed by atoms with Gasteiger partial charge >= 0.3 is 0 Å². The summed E-state index contributed by atoms with van der Waals surface area (Å²) in [5.74, 6) is -1.61. The van der Waals surface area contributed by atoms with Crippen LogP contribution >= 0.6 is 0 Å². The maximum Gasteiger partial charge on any atom is 0.257 e. The lowest BCUT2D eigenvalue weighted by Gasteiger charge is -2.24. The van der Waals surface area contributed by atoms with Crippen molar-refractivity contribution in [3.8, 4) is 0 Å². The molecule has 1 aromatic rings. The second-order valence-corrected chi connectivity index (χ2v) is 4.76. The van der Waals surface area contributed by atoms with E-state index in [-0.39, 0.29) is 11.5 Å². The fourth-order valence-corrected chi connectivity index (χ4v) is 1.75. The number of amides is 1. The first kappa shape index (κ1) is 15.6. The number of hydrogen-bond donors (Lipinski definition) is 0. The number of benzene rings is 1. The summed E-state index contributed by atoms with van der Waals surface area (Å²) < 4.78 is 31.7. The normalized spacial score (nSPS) is 10.8. The molecule has 0 spiro atoms. The van der Waals surface area contributed by atoms with E-state index < -0.39 is 17.5 Å². The van der Waals surface area contributed by atoms with Crippen molar-refractivity contribution < 1.29 is 18.3 Å². The van der Waals surface area contributed by atoms with Crippen LogP contribution in [-0.2, 0) is 4.74 Å². The van der Waals surface area contributed by atoms with E-state index in [4.69, 9.17) is 4.74 Å². The van der Waals surface area contributed by atoms with Crippen LogP contribution < -0.4 is 0 Å². The van der Waals surface area contributed by atoms with Crippen LogP contribution in [0.15, 0.2) is 18.2 Å². The van der Waals surface area contributed by atoms with Gasteiger partial charge < -0.3 is 9.64 Å². The van der Waals surface area contributed by atoms with Crippen molar-refractivity contribution in [3.05, 3.63) is 35.4 Å². The van der Waals surface area contributed by atoms with Crippen LogP contribution in [-0.4, -0.2) is 37.6 Å². The zero-order valence-electron chi connectivity index (χ0n) is 11.5. The zero-order valence-corrected chi connectivity index (χ0v) is 11.5. The highest BCUT2D eigenvalue weighted by Gasteiger charge is 2.20. The Bertz CT molecular complexity index is 435. The molecule has 0 saturated heterocycles. The van der Waals surface area contributed by atoms with Crippen molar-refractivity contribution in [2.75, 3.05) is 26.8 Å². The van der Waals surface area contributed by atoms with Crippen molar-refractivity contribution in [2.45, 2.75) is 13.8 Å². The molecule has 0 fully saturated rings. The highest BCUT2D eigenvalue weighted by Crippen LogP contribution is 2.13. The first-order chi connectivity index (χ1) is 8.95. The number of methoxy groups -OCH3 is 1. The van der Waals surface area contributed by atoms with Gasteiger partial charge in [-0.2, -0.15) is 0 Å². The molecule has 0 aliphatic carbocycles. The largest absolute Gasteiger partial charge is 0.383 e. The van der Waals surface area contributed by atoms with Gasteiger partial charge in [0.25, 0.3) is 5.91 Å². The minimum atomic E-state index is -0.711. The molecule has 19 heavy (non-hydrogen) atoms. The van der Waals surface area contributed by atoms with Gasteiger partial charge in [-0.05, 0) is 24.1 Å². The smallest absolute Gasteiger partial charge is 0.257 e. The molecular formula is C14H19F2NO2. The number of halogens is 2. The summed E-state index contributed by atoms with van der Waals surface area (Å²) in [6.07, 6.45) is 0. The summed E-state index contributed by atoms with van der Waals surface area (Å²) in [5, 5.41) is 0. The van der Waals surface area contributed by atoms with Gasteiger partial charge in [-0.15, -0.1) is 0 Å². The van der Waals surface area contributed by atoms with Crippen LogP contribution in [0.3, 0.4) is 0 Å². The molecule has 1 rings (SSSR count). The van der Waals surface area contributed by atoms with Gasteiger partial charge in [0.1, 0.15) is 11.6 Å². The van der Waals surface area contributed by atoms with Crippen LogP contribution in [0.5, 0.6) is 0 Å². The number of carbonyl (C=O) groups is 1. The predicted molar refractivity (Wildman–Crippen MR) is 69.0 cm³/mol. The Morgan fingerprint density at radius 1 is 1.37 bits per heavy atom. The second-order valence-electron chi connectivity index (χ2n) is 4.76. The van der Waals surface area contributed by atoms with E-state index in [9.17, 15) is 13.6 Å². The molecule has 0 aliphatic rings. The van der Waals surface area contributed by atoms with E-state index in [1.54, 1.807) is 0 Å². The Balaban J connectivity index is 2.93. The Kier molecular flexibility index (Phi) is 5.89. The summed E-state index contributed by atoms with van der Waals surface area (Å²) in [6, 6.07) is 2.89. The number of nitrogens with zero attached hydrogens (tertiary/aromatic N) is 1.